The molecular formula is C13H19N3. The number of aromatic nitrogens is 1. The van der Waals surface area contributed by atoms with Crippen molar-refractivity contribution >= 4 is 0 Å². The average Bonchev–Trinajstić information content (AvgIpc) is 2.35. The molecule has 0 fully saturated rings. The van der Waals surface area contributed by atoms with Crippen LogP contribution in [-0.2, 0) is 6.42 Å². The molecule has 1 atom stereocenters. The molecule has 0 aromatic carbocycles. The molecule has 0 saturated heterocycles. The van der Waals surface area contributed by atoms with Gasteiger partial charge in [-0.25, -0.2) is 0 Å². The van der Waals surface area contributed by atoms with Crippen LogP contribution in [0.3, 0.4) is 0 Å². The molecule has 1 unspecified atom stereocenters. The molecule has 0 N–H and O–H groups in total. The second-order valence-corrected chi connectivity index (χ2v) is 4.03. The van der Waals surface area contributed by atoms with E-state index in [0.29, 0.717) is 0 Å². The molecule has 3 nitrogen and oxygen atoms in total. The molecule has 0 saturated carbocycles. The first kappa shape index (κ1) is 12.7. The summed E-state index contributed by atoms with van der Waals surface area (Å²) >= 11 is 0. The Hall–Kier alpha value is -1.40. The molecule has 86 valence electrons. The Morgan fingerprint density at radius 1 is 1.44 bits per heavy atom. The van der Waals surface area contributed by atoms with Gasteiger partial charge in [0.1, 0.15) is 0 Å². The first-order chi connectivity index (χ1) is 7.76. The zero-order valence-corrected chi connectivity index (χ0v) is 10.1. The molecule has 0 bridgehead atoms. The monoisotopic (exact) mass is 217 g/mol. The summed E-state index contributed by atoms with van der Waals surface area (Å²) in [5.41, 5.74) is 1.30. The highest BCUT2D eigenvalue weighted by molar-refractivity contribution is 5.09. The fourth-order valence-corrected chi connectivity index (χ4v) is 1.64. The SMILES string of the molecule is CCN(CCc1ccncc1)CC(C)C#N. The van der Waals surface area contributed by atoms with E-state index >= 15 is 0 Å². The third-order valence-corrected chi connectivity index (χ3v) is 2.67. The van der Waals surface area contributed by atoms with Gasteiger partial charge in [0.2, 0.25) is 0 Å². The standard InChI is InChI=1S/C13H19N3/c1-3-16(11-12(2)10-14)9-6-13-4-7-15-8-5-13/h4-5,7-8,12H,3,6,9,11H2,1-2H3. The van der Waals surface area contributed by atoms with E-state index in [1.807, 2.05) is 31.5 Å². The van der Waals surface area contributed by atoms with Crippen molar-refractivity contribution in [1.82, 2.24) is 9.88 Å². The lowest BCUT2D eigenvalue weighted by atomic mass is 10.1. The highest BCUT2D eigenvalue weighted by Gasteiger charge is 2.07. The van der Waals surface area contributed by atoms with E-state index in [9.17, 15) is 0 Å². The van der Waals surface area contributed by atoms with E-state index in [-0.39, 0.29) is 5.92 Å². The van der Waals surface area contributed by atoms with Gasteiger partial charge in [0.05, 0.1) is 12.0 Å². The molecule has 0 amide bonds. The normalized spacial score (nSPS) is 12.4. The van der Waals surface area contributed by atoms with Crippen LogP contribution >= 0.6 is 0 Å². The summed E-state index contributed by atoms with van der Waals surface area (Å²) in [5, 5.41) is 8.78. The molecule has 0 aliphatic heterocycles. The second kappa shape index (κ2) is 6.97. The Kier molecular flexibility index (Phi) is 5.52. The lowest BCUT2D eigenvalue weighted by Gasteiger charge is -2.21. The summed E-state index contributed by atoms with van der Waals surface area (Å²) in [6.45, 7) is 6.97. The number of likely N-dealkylation sites (N-methyl/N-ethyl adjacent to an activating group) is 1. The highest BCUT2D eigenvalue weighted by atomic mass is 15.1. The molecule has 0 aliphatic rings. The molecule has 1 rings (SSSR count). The molecule has 16 heavy (non-hydrogen) atoms. The minimum Gasteiger partial charge on any atom is -0.302 e. The number of hydrogen-bond acceptors (Lipinski definition) is 3. The van der Waals surface area contributed by atoms with Crippen LogP contribution in [0, 0.1) is 17.2 Å². The van der Waals surface area contributed by atoms with Crippen molar-refractivity contribution < 1.29 is 0 Å². The van der Waals surface area contributed by atoms with Gasteiger partial charge in [0.25, 0.3) is 0 Å². The molecular weight excluding hydrogens is 198 g/mol. The molecule has 0 spiro atoms. The molecule has 0 aliphatic carbocycles. The molecule has 1 aromatic rings. The van der Waals surface area contributed by atoms with Crippen LogP contribution in [0.15, 0.2) is 24.5 Å². The maximum absolute atomic E-state index is 8.78. The zero-order chi connectivity index (χ0) is 11.8. The second-order valence-electron chi connectivity index (χ2n) is 4.03. The summed E-state index contributed by atoms with van der Waals surface area (Å²) in [5.74, 6) is 0.109. The third kappa shape index (κ3) is 4.41. The third-order valence-electron chi connectivity index (χ3n) is 2.67. The highest BCUT2D eigenvalue weighted by Crippen LogP contribution is 2.03. The first-order valence-corrected chi connectivity index (χ1v) is 5.77. The van der Waals surface area contributed by atoms with Crippen molar-refractivity contribution in [1.29, 1.82) is 5.26 Å². The van der Waals surface area contributed by atoms with Crippen LogP contribution in [-0.4, -0.2) is 29.5 Å². The lowest BCUT2D eigenvalue weighted by molar-refractivity contribution is 0.272. The smallest absolute Gasteiger partial charge is 0.0666 e. The molecule has 1 aromatic heterocycles. The van der Waals surface area contributed by atoms with Crippen molar-refractivity contribution in [3.63, 3.8) is 0 Å². The van der Waals surface area contributed by atoms with Crippen LogP contribution in [0.2, 0.25) is 0 Å². The van der Waals surface area contributed by atoms with Crippen molar-refractivity contribution in [3.8, 4) is 6.07 Å². The number of pyridine rings is 1. The van der Waals surface area contributed by atoms with Crippen LogP contribution in [0.25, 0.3) is 0 Å². The van der Waals surface area contributed by atoms with E-state index < -0.39 is 0 Å². The minimum absolute atomic E-state index is 0.109. The lowest BCUT2D eigenvalue weighted by Crippen LogP contribution is -2.30. The summed E-state index contributed by atoms with van der Waals surface area (Å²) in [7, 11) is 0. The summed E-state index contributed by atoms with van der Waals surface area (Å²) in [6, 6.07) is 6.36. The Morgan fingerprint density at radius 2 is 2.12 bits per heavy atom. The maximum atomic E-state index is 8.78. The van der Waals surface area contributed by atoms with E-state index in [1.165, 1.54) is 5.56 Å². The van der Waals surface area contributed by atoms with E-state index in [4.69, 9.17) is 5.26 Å². The molecule has 0 radical (unpaired) electrons. The quantitative estimate of drug-likeness (QED) is 0.732. The van der Waals surface area contributed by atoms with Crippen molar-refractivity contribution in [2.24, 2.45) is 5.92 Å². The number of hydrogen-bond donors (Lipinski definition) is 0. The van der Waals surface area contributed by atoms with Crippen molar-refractivity contribution in [3.05, 3.63) is 30.1 Å². The van der Waals surface area contributed by atoms with Gasteiger partial charge < -0.3 is 4.90 Å². The van der Waals surface area contributed by atoms with Crippen LogP contribution in [0.5, 0.6) is 0 Å². The predicted molar refractivity (Wildman–Crippen MR) is 64.8 cm³/mol. The Balaban J connectivity index is 2.38. The fraction of sp³-hybridized carbons (Fsp3) is 0.538. The first-order valence-electron chi connectivity index (χ1n) is 5.77. The summed E-state index contributed by atoms with van der Waals surface area (Å²) in [6.07, 6.45) is 4.67. The Morgan fingerprint density at radius 3 is 2.69 bits per heavy atom. The Bertz CT molecular complexity index is 329. The fourth-order valence-electron chi connectivity index (χ4n) is 1.64. The number of nitriles is 1. The van der Waals surface area contributed by atoms with Gasteiger partial charge in [-0.3, -0.25) is 4.98 Å². The Labute approximate surface area is 97.7 Å². The predicted octanol–water partition coefficient (Wildman–Crippen LogP) is 2.11. The van der Waals surface area contributed by atoms with Gasteiger partial charge in [0.15, 0.2) is 0 Å². The topological polar surface area (TPSA) is 39.9 Å². The van der Waals surface area contributed by atoms with Gasteiger partial charge in [-0.05, 0) is 37.6 Å². The van der Waals surface area contributed by atoms with E-state index in [2.05, 4.69) is 22.9 Å². The minimum atomic E-state index is 0.109. The van der Waals surface area contributed by atoms with Gasteiger partial charge >= 0.3 is 0 Å². The van der Waals surface area contributed by atoms with Gasteiger partial charge in [-0.1, -0.05) is 6.92 Å². The summed E-state index contributed by atoms with van der Waals surface area (Å²) in [4.78, 5) is 6.31. The number of nitrogens with zero attached hydrogens (tertiary/aromatic N) is 3. The van der Waals surface area contributed by atoms with Crippen LogP contribution in [0.4, 0.5) is 0 Å². The van der Waals surface area contributed by atoms with Crippen LogP contribution < -0.4 is 0 Å². The largest absolute Gasteiger partial charge is 0.302 e. The zero-order valence-electron chi connectivity index (χ0n) is 10.1. The van der Waals surface area contributed by atoms with Gasteiger partial charge in [0, 0.05) is 25.5 Å². The maximum Gasteiger partial charge on any atom is 0.0666 e. The van der Waals surface area contributed by atoms with E-state index in [1.54, 1.807) is 0 Å². The summed E-state index contributed by atoms with van der Waals surface area (Å²) < 4.78 is 0. The molecule has 3 heteroatoms. The average molecular weight is 217 g/mol. The van der Waals surface area contributed by atoms with E-state index in [0.717, 1.165) is 26.1 Å². The van der Waals surface area contributed by atoms with Gasteiger partial charge in [-0.2, -0.15) is 5.26 Å². The van der Waals surface area contributed by atoms with Crippen LogP contribution in [0.1, 0.15) is 19.4 Å². The molecule has 1 heterocycles. The van der Waals surface area contributed by atoms with Gasteiger partial charge in [-0.15, -0.1) is 0 Å². The number of rotatable bonds is 6. The van der Waals surface area contributed by atoms with Crippen molar-refractivity contribution in [2.45, 2.75) is 20.3 Å². The van der Waals surface area contributed by atoms with Crippen molar-refractivity contribution in [2.75, 3.05) is 19.6 Å².